The summed E-state index contributed by atoms with van der Waals surface area (Å²) in [6, 6.07) is 1.05. The Kier molecular flexibility index (Phi) is 5.82. The van der Waals surface area contributed by atoms with E-state index < -0.39 is 62.8 Å². The van der Waals surface area contributed by atoms with E-state index in [1.54, 1.807) is 0 Å². The largest absolute Gasteiger partial charge is 0.465 e. The quantitative estimate of drug-likeness (QED) is 0.524. The molecule has 1 heterocycles. The number of benzene rings is 1. The Morgan fingerprint density at radius 1 is 1.17 bits per heavy atom. The molecule has 1 aliphatic rings. The molecule has 1 aromatic heterocycles. The fraction of sp³-hybridized carbons (Fsp3) is 0.400. The van der Waals surface area contributed by atoms with E-state index in [4.69, 9.17) is 4.74 Å². The SMILES string of the molecule is CCOC(=O)c1cn(C2CC2)c2c(F)c(C(C#N)C(=O)OCC)c(F)c(F)c2c1=O. The van der Waals surface area contributed by atoms with E-state index in [2.05, 4.69) is 4.74 Å². The van der Waals surface area contributed by atoms with E-state index in [1.165, 1.54) is 19.9 Å². The van der Waals surface area contributed by atoms with Gasteiger partial charge in [0.15, 0.2) is 23.4 Å². The van der Waals surface area contributed by atoms with Gasteiger partial charge in [-0.1, -0.05) is 0 Å². The first-order chi connectivity index (χ1) is 14.3. The van der Waals surface area contributed by atoms with Gasteiger partial charge in [-0.25, -0.2) is 18.0 Å². The number of nitriles is 1. The first kappa shape index (κ1) is 21.4. The van der Waals surface area contributed by atoms with Crippen LogP contribution in [0.2, 0.25) is 0 Å². The molecule has 0 spiro atoms. The van der Waals surface area contributed by atoms with Crippen molar-refractivity contribution in [2.24, 2.45) is 0 Å². The van der Waals surface area contributed by atoms with Crippen LogP contribution in [0.4, 0.5) is 13.2 Å². The molecule has 1 saturated carbocycles. The van der Waals surface area contributed by atoms with Crippen molar-refractivity contribution in [1.29, 1.82) is 5.26 Å². The molecule has 2 aromatic rings. The summed E-state index contributed by atoms with van der Waals surface area (Å²) in [5, 5.41) is 8.29. The van der Waals surface area contributed by atoms with Crippen molar-refractivity contribution < 1.29 is 32.2 Å². The van der Waals surface area contributed by atoms with Crippen LogP contribution in [0.25, 0.3) is 10.9 Å². The van der Waals surface area contributed by atoms with Crippen LogP contribution < -0.4 is 5.43 Å². The van der Waals surface area contributed by atoms with Gasteiger partial charge in [0.2, 0.25) is 5.43 Å². The number of carbonyl (C=O) groups excluding carboxylic acids is 2. The molecule has 0 radical (unpaired) electrons. The molecule has 3 rings (SSSR count). The van der Waals surface area contributed by atoms with E-state index in [0.29, 0.717) is 12.8 Å². The monoisotopic (exact) mass is 422 g/mol. The first-order valence-corrected chi connectivity index (χ1v) is 9.26. The van der Waals surface area contributed by atoms with E-state index in [0.717, 1.165) is 10.8 Å². The maximum Gasteiger partial charge on any atom is 0.343 e. The summed E-state index contributed by atoms with van der Waals surface area (Å²) in [5.74, 6) is -9.42. The first-order valence-electron chi connectivity index (χ1n) is 9.26. The fourth-order valence-corrected chi connectivity index (χ4v) is 3.22. The van der Waals surface area contributed by atoms with Gasteiger partial charge in [-0.3, -0.25) is 9.59 Å². The van der Waals surface area contributed by atoms with Gasteiger partial charge < -0.3 is 14.0 Å². The number of hydrogen-bond acceptors (Lipinski definition) is 6. The Bertz CT molecular complexity index is 1150. The van der Waals surface area contributed by atoms with Crippen molar-refractivity contribution >= 4 is 22.8 Å². The van der Waals surface area contributed by atoms with Crippen molar-refractivity contribution in [3.63, 3.8) is 0 Å². The molecule has 0 amide bonds. The number of aromatic nitrogens is 1. The minimum atomic E-state index is -2.07. The molecular formula is C20H17F3N2O5. The molecule has 30 heavy (non-hydrogen) atoms. The number of esters is 2. The molecule has 0 aliphatic heterocycles. The summed E-state index contributed by atoms with van der Waals surface area (Å²) >= 11 is 0. The van der Waals surface area contributed by atoms with Crippen LogP contribution in [0.3, 0.4) is 0 Å². The summed E-state index contributed by atoms with van der Waals surface area (Å²) in [5.41, 5.74) is -3.57. The molecule has 1 aromatic carbocycles. The standard InChI is InChI=1S/C20H17F3N2O5/c1-3-29-19(27)10(7-24)12-14(21)15(22)13-17(16(12)23)25(9-5-6-9)8-11(18(13)26)20(28)30-4-2/h8-10H,3-6H2,1-2H3. The zero-order chi connectivity index (χ0) is 22.2. The summed E-state index contributed by atoms with van der Waals surface area (Å²) in [4.78, 5) is 36.8. The zero-order valence-corrected chi connectivity index (χ0v) is 16.1. The van der Waals surface area contributed by atoms with E-state index in [9.17, 15) is 28.4 Å². The molecule has 0 saturated heterocycles. The lowest BCUT2D eigenvalue weighted by atomic mass is 9.96. The minimum Gasteiger partial charge on any atom is -0.465 e. The maximum atomic E-state index is 15.4. The molecule has 1 aliphatic carbocycles. The Balaban J connectivity index is 2.41. The van der Waals surface area contributed by atoms with Crippen LogP contribution >= 0.6 is 0 Å². The number of halogens is 3. The number of nitrogens with zero attached hydrogens (tertiary/aromatic N) is 2. The van der Waals surface area contributed by atoms with Crippen LogP contribution in [0.15, 0.2) is 11.0 Å². The summed E-state index contributed by atoms with van der Waals surface area (Å²) in [6.45, 7) is 2.71. The average Bonchev–Trinajstić information content (AvgIpc) is 3.54. The Hall–Kier alpha value is -3.35. The molecular weight excluding hydrogens is 405 g/mol. The zero-order valence-electron chi connectivity index (χ0n) is 16.1. The Morgan fingerprint density at radius 3 is 2.33 bits per heavy atom. The topological polar surface area (TPSA) is 98.4 Å². The predicted octanol–water partition coefficient (Wildman–Crippen LogP) is 3.10. The van der Waals surface area contributed by atoms with E-state index in [1.807, 2.05) is 0 Å². The molecule has 158 valence electrons. The molecule has 7 nitrogen and oxygen atoms in total. The number of hydrogen-bond donors (Lipinski definition) is 0. The molecule has 0 N–H and O–H groups in total. The van der Waals surface area contributed by atoms with Crippen molar-refractivity contribution in [3.05, 3.63) is 45.0 Å². The second kappa shape index (κ2) is 8.18. The molecule has 1 fully saturated rings. The second-order valence-corrected chi connectivity index (χ2v) is 6.62. The fourth-order valence-electron chi connectivity index (χ4n) is 3.22. The van der Waals surface area contributed by atoms with Crippen LogP contribution in [0, 0.1) is 28.8 Å². The van der Waals surface area contributed by atoms with E-state index >= 15 is 4.39 Å². The highest BCUT2D eigenvalue weighted by Crippen LogP contribution is 2.40. The number of rotatable bonds is 6. The highest BCUT2D eigenvalue weighted by molar-refractivity contribution is 5.95. The number of ether oxygens (including phenoxy) is 2. The lowest BCUT2D eigenvalue weighted by Gasteiger charge is -2.18. The van der Waals surface area contributed by atoms with Crippen molar-refractivity contribution in [3.8, 4) is 6.07 Å². The van der Waals surface area contributed by atoms with Crippen LogP contribution in [0.5, 0.6) is 0 Å². The van der Waals surface area contributed by atoms with Crippen molar-refractivity contribution in [2.45, 2.75) is 38.6 Å². The van der Waals surface area contributed by atoms with Gasteiger partial charge in [0.1, 0.15) is 5.56 Å². The third-order valence-corrected chi connectivity index (χ3v) is 4.70. The van der Waals surface area contributed by atoms with Gasteiger partial charge in [0.25, 0.3) is 0 Å². The smallest absolute Gasteiger partial charge is 0.343 e. The number of carbonyl (C=O) groups is 2. The predicted molar refractivity (Wildman–Crippen MR) is 97.3 cm³/mol. The van der Waals surface area contributed by atoms with Gasteiger partial charge in [0, 0.05) is 12.2 Å². The lowest BCUT2D eigenvalue weighted by Crippen LogP contribution is -2.25. The van der Waals surface area contributed by atoms with Crippen LogP contribution in [-0.2, 0) is 14.3 Å². The number of fused-ring (bicyclic) bond motifs is 1. The summed E-state index contributed by atoms with van der Waals surface area (Å²) in [7, 11) is 0. The molecule has 0 bridgehead atoms. The van der Waals surface area contributed by atoms with Gasteiger partial charge in [-0.2, -0.15) is 5.26 Å². The minimum absolute atomic E-state index is 0.0622. The third kappa shape index (κ3) is 3.40. The van der Waals surface area contributed by atoms with E-state index in [-0.39, 0.29) is 19.3 Å². The Morgan fingerprint density at radius 2 is 1.80 bits per heavy atom. The highest BCUT2D eigenvalue weighted by Gasteiger charge is 2.37. The highest BCUT2D eigenvalue weighted by atomic mass is 19.2. The van der Waals surface area contributed by atoms with Crippen molar-refractivity contribution in [2.75, 3.05) is 13.2 Å². The second-order valence-electron chi connectivity index (χ2n) is 6.62. The molecule has 1 atom stereocenters. The average molecular weight is 422 g/mol. The van der Waals surface area contributed by atoms with Gasteiger partial charge in [-0.15, -0.1) is 0 Å². The molecule has 1 unspecified atom stereocenters. The van der Waals surface area contributed by atoms with Gasteiger partial charge in [-0.05, 0) is 26.7 Å². The van der Waals surface area contributed by atoms with Gasteiger partial charge in [0.05, 0.1) is 35.7 Å². The maximum absolute atomic E-state index is 15.4. The summed E-state index contributed by atoms with van der Waals surface area (Å²) < 4.78 is 55.8. The number of pyridine rings is 1. The van der Waals surface area contributed by atoms with Crippen LogP contribution in [-0.4, -0.2) is 29.7 Å². The normalized spacial score (nSPS) is 14.3. The molecule has 10 heteroatoms. The third-order valence-electron chi connectivity index (χ3n) is 4.70. The van der Waals surface area contributed by atoms with Crippen LogP contribution in [0.1, 0.15) is 54.6 Å². The Labute approximate surface area is 168 Å². The lowest BCUT2D eigenvalue weighted by molar-refractivity contribution is -0.143. The summed E-state index contributed by atoms with van der Waals surface area (Å²) in [6.07, 6.45) is 2.14. The van der Waals surface area contributed by atoms with Crippen molar-refractivity contribution in [1.82, 2.24) is 4.57 Å². The van der Waals surface area contributed by atoms with Gasteiger partial charge >= 0.3 is 11.9 Å².